The van der Waals surface area contributed by atoms with Gasteiger partial charge in [0.25, 0.3) is 0 Å². The Kier molecular flexibility index (Phi) is 5.95. The summed E-state index contributed by atoms with van der Waals surface area (Å²) in [5.41, 5.74) is -0.110. The first-order chi connectivity index (χ1) is 18.5. The maximum absolute atomic E-state index is 12.5. The number of hydrogen-bond donors (Lipinski definition) is 0. The number of carbonyl (C=O) groups excluding carboxylic acids is 1. The molecule has 2 saturated heterocycles. The molecule has 2 aromatic carbocycles. The van der Waals surface area contributed by atoms with Crippen molar-refractivity contribution in [2.75, 3.05) is 55.2 Å². The lowest BCUT2D eigenvalue weighted by Crippen LogP contribution is -2.44. The first kappa shape index (κ1) is 24.6. The Bertz CT molecular complexity index is 1280. The molecule has 2 fully saturated rings. The summed E-state index contributed by atoms with van der Waals surface area (Å²) in [5, 5.41) is 0. The summed E-state index contributed by atoms with van der Waals surface area (Å²) in [6.45, 7) is 1.65. The third-order valence-corrected chi connectivity index (χ3v) is 7.34. The van der Waals surface area contributed by atoms with Crippen LogP contribution in [0.25, 0.3) is 0 Å². The molecule has 0 aromatic heterocycles. The van der Waals surface area contributed by atoms with Gasteiger partial charge in [0.2, 0.25) is 25.1 Å². The zero-order valence-corrected chi connectivity index (χ0v) is 21.6. The Balaban J connectivity index is 1.49. The Morgan fingerprint density at radius 1 is 0.816 bits per heavy atom. The topological polar surface area (TPSA) is 119 Å². The lowest BCUT2D eigenvalue weighted by atomic mass is 9.79. The van der Waals surface area contributed by atoms with Crippen molar-refractivity contribution in [2.45, 2.75) is 24.7 Å². The maximum atomic E-state index is 12.5. The smallest absolute Gasteiger partial charge is 0.303 e. The molecule has 12 heteroatoms. The van der Waals surface area contributed by atoms with Crippen LogP contribution in [0.1, 0.15) is 30.3 Å². The SMILES string of the molecule is COc1cc2c(c(OC)c1[C@H]1OC[C@@]3(OC(C)=O)[C@@H]1CO[C@H]3c1c(OC)cc3c(c1OC)OCO3)OCO2. The fourth-order valence-corrected chi connectivity index (χ4v) is 5.85. The summed E-state index contributed by atoms with van der Waals surface area (Å²) >= 11 is 0. The van der Waals surface area contributed by atoms with E-state index in [9.17, 15) is 4.79 Å². The van der Waals surface area contributed by atoms with Gasteiger partial charge >= 0.3 is 5.97 Å². The lowest BCUT2D eigenvalue weighted by molar-refractivity contribution is -0.167. The summed E-state index contributed by atoms with van der Waals surface area (Å²) in [5.74, 6) is 2.61. The minimum absolute atomic E-state index is 0.0219. The van der Waals surface area contributed by atoms with E-state index in [0.29, 0.717) is 57.1 Å². The van der Waals surface area contributed by atoms with Gasteiger partial charge in [-0.15, -0.1) is 0 Å². The van der Waals surface area contributed by atoms with E-state index in [1.165, 1.54) is 28.3 Å². The molecule has 0 bridgehead atoms. The fourth-order valence-electron chi connectivity index (χ4n) is 5.85. The number of carbonyl (C=O) groups is 1. The van der Waals surface area contributed by atoms with Crippen molar-refractivity contribution in [3.05, 3.63) is 23.3 Å². The van der Waals surface area contributed by atoms with E-state index >= 15 is 0 Å². The summed E-state index contributed by atoms with van der Waals surface area (Å²) in [4.78, 5) is 12.5. The van der Waals surface area contributed by atoms with Crippen LogP contribution < -0.4 is 37.9 Å². The highest BCUT2D eigenvalue weighted by Crippen LogP contribution is 2.63. The van der Waals surface area contributed by atoms with Gasteiger partial charge in [0.05, 0.1) is 64.8 Å². The van der Waals surface area contributed by atoms with Crippen LogP contribution in [-0.4, -0.2) is 66.8 Å². The summed E-state index contributed by atoms with van der Waals surface area (Å²) < 4.78 is 64.3. The molecule has 0 unspecified atom stereocenters. The van der Waals surface area contributed by atoms with E-state index < -0.39 is 29.7 Å². The van der Waals surface area contributed by atoms with E-state index in [2.05, 4.69) is 0 Å². The number of benzene rings is 2. The summed E-state index contributed by atoms with van der Waals surface area (Å²) in [6.07, 6.45) is -1.45. The first-order valence-electron chi connectivity index (χ1n) is 12.0. The van der Waals surface area contributed by atoms with Gasteiger partial charge in [0.15, 0.2) is 28.6 Å². The van der Waals surface area contributed by atoms with Crippen molar-refractivity contribution in [1.29, 1.82) is 0 Å². The molecule has 4 aliphatic heterocycles. The average Bonchev–Trinajstić information content (AvgIpc) is 3.69. The van der Waals surface area contributed by atoms with Crippen LogP contribution in [-0.2, 0) is 19.0 Å². The van der Waals surface area contributed by atoms with Crippen LogP contribution in [0.4, 0.5) is 0 Å². The molecule has 38 heavy (non-hydrogen) atoms. The first-order valence-corrected chi connectivity index (χ1v) is 12.0. The predicted molar refractivity (Wildman–Crippen MR) is 127 cm³/mol. The Morgan fingerprint density at radius 3 is 1.95 bits per heavy atom. The zero-order valence-electron chi connectivity index (χ0n) is 21.6. The highest BCUT2D eigenvalue weighted by molar-refractivity contribution is 5.69. The van der Waals surface area contributed by atoms with Crippen LogP contribution >= 0.6 is 0 Å². The van der Waals surface area contributed by atoms with Crippen LogP contribution in [0.5, 0.6) is 46.0 Å². The number of hydrogen-bond acceptors (Lipinski definition) is 12. The molecule has 6 rings (SSSR count). The second kappa shape index (κ2) is 9.21. The lowest BCUT2D eigenvalue weighted by Gasteiger charge is -2.33. The normalized spacial score (nSPS) is 26.2. The molecular formula is C26H28O12. The molecule has 4 heterocycles. The standard InChI is InChI=1S/C26H28O12/c1-12(27)38-26-9-33-20(18-14(28-2)6-16-21(23(18)30-4)36-10-34-16)13(26)8-32-25(26)19-15(29-3)7-17-22(24(19)31-5)37-11-35-17/h6-7,13,20,25H,8-11H2,1-5H3/t13-,20+,25+,26-/m1/s1. The van der Waals surface area contributed by atoms with Crippen LogP contribution in [0, 0.1) is 5.92 Å². The zero-order chi connectivity index (χ0) is 26.6. The molecule has 0 spiro atoms. The molecule has 4 atom stereocenters. The van der Waals surface area contributed by atoms with Crippen molar-refractivity contribution >= 4 is 5.97 Å². The fraction of sp³-hybridized carbons (Fsp3) is 0.500. The van der Waals surface area contributed by atoms with Gasteiger partial charge in [-0.2, -0.15) is 0 Å². The number of esters is 1. The van der Waals surface area contributed by atoms with E-state index in [1.807, 2.05) is 0 Å². The Hall–Kier alpha value is -3.77. The summed E-state index contributed by atoms with van der Waals surface area (Å²) in [7, 11) is 6.12. The van der Waals surface area contributed by atoms with Gasteiger partial charge in [-0.05, 0) is 0 Å². The molecule has 0 radical (unpaired) electrons. The number of methoxy groups -OCH3 is 4. The quantitative estimate of drug-likeness (QED) is 0.488. The molecule has 0 saturated carbocycles. The van der Waals surface area contributed by atoms with E-state index in [0.717, 1.165) is 0 Å². The molecule has 0 N–H and O–H groups in total. The van der Waals surface area contributed by atoms with Crippen LogP contribution in [0.3, 0.4) is 0 Å². The van der Waals surface area contributed by atoms with Crippen LogP contribution in [0.15, 0.2) is 12.1 Å². The summed E-state index contributed by atoms with van der Waals surface area (Å²) in [6, 6.07) is 3.43. The second-order valence-electron chi connectivity index (χ2n) is 9.12. The average molecular weight is 532 g/mol. The highest BCUT2D eigenvalue weighted by Gasteiger charge is 2.65. The Labute approximate surface area is 218 Å². The number of ether oxygens (including phenoxy) is 11. The molecule has 12 nitrogen and oxygen atoms in total. The monoisotopic (exact) mass is 532 g/mol. The van der Waals surface area contributed by atoms with Crippen molar-refractivity contribution in [3.63, 3.8) is 0 Å². The highest BCUT2D eigenvalue weighted by atomic mass is 16.7. The third-order valence-electron chi connectivity index (χ3n) is 7.34. The minimum atomic E-state index is -1.24. The number of fused-ring (bicyclic) bond motifs is 3. The van der Waals surface area contributed by atoms with Gasteiger partial charge in [-0.3, -0.25) is 4.79 Å². The molecule has 0 amide bonds. The van der Waals surface area contributed by atoms with Gasteiger partial charge in [-0.1, -0.05) is 0 Å². The van der Waals surface area contributed by atoms with Crippen molar-refractivity contribution in [1.82, 2.24) is 0 Å². The molecule has 204 valence electrons. The van der Waals surface area contributed by atoms with E-state index in [4.69, 9.17) is 52.1 Å². The van der Waals surface area contributed by atoms with E-state index in [-0.39, 0.29) is 26.8 Å². The third kappa shape index (κ3) is 3.39. The maximum Gasteiger partial charge on any atom is 0.303 e. The van der Waals surface area contributed by atoms with Gasteiger partial charge in [-0.25, -0.2) is 0 Å². The molecule has 2 aromatic rings. The molecule has 4 aliphatic rings. The van der Waals surface area contributed by atoms with Gasteiger partial charge in [0, 0.05) is 19.1 Å². The molecule has 0 aliphatic carbocycles. The van der Waals surface area contributed by atoms with Gasteiger partial charge in [0.1, 0.15) is 17.6 Å². The van der Waals surface area contributed by atoms with Crippen molar-refractivity contribution in [2.24, 2.45) is 5.92 Å². The minimum Gasteiger partial charge on any atom is -0.496 e. The Morgan fingerprint density at radius 2 is 1.39 bits per heavy atom. The second-order valence-corrected chi connectivity index (χ2v) is 9.12. The van der Waals surface area contributed by atoms with Crippen molar-refractivity contribution in [3.8, 4) is 46.0 Å². The van der Waals surface area contributed by atoms with Crippen LogP contribution in [0.2, 0.25) is 0 Å². The van der Waals surface area contributed by atoms with Gasteiger partial charge < -0.3 is 52.1 Å². The predicted octanol–water partition coefficient (Wildman–Crippen LogP) is 2.94. The molecular weight excluding hydrogens is 504 g/mol. The van der Waals surface area contributed by atoms with Crippen molar-refractivity contribution < 1.29 is 56.9 Å². The van der Waals surface area contributed by atoms with E-state index in [1.54, 1.807) is 19.2 Å². The number of rotatable bonds is 7. The largest absolute Gasteiger partial charge is 0.496 e.